The lowest BCUT2D eigenvalue weighted by atomic mass is 10.1. The molecular formula is C20H28N2O. The highest BCUT2D eigenvalue weighted by atomic mass is 16.5. The Morgan fingerprint density at radius 1 is 1.00 bits per heavy atom. The Labute approximate surface area is 140 Å². The van der Waals surface area contributed by atoms with Crippen molar-refractivity contribution in [2.75, 3.05) is 6.61 Å². The van der Waals surface area contributed by atoms with Crippen molar-refractivity contribution in [3.05, 3.63) is 42.1 Å². The maximum absolute atomic E-state index is 5.99. The number of aromatic nitrogens is 2. The Balaban J connectivity index is 2.08. The third-order valence-corrected chi connectivity index (χ3v) is 4.14. The van der Waals surface area contributed by atoms with Crippen LogP contribution in [0.15, 0.2) is 36.4 Å². The van der Waals surface area contributed by atoms with E-state index < -0.39 is 0 Å². The standard InChI is InChI=1S/C20H28N2O/c1-4-6-7-10-17-13-14-19(22-21-17)18-11-8-9-12-20(18)23-15-16(3)5-2/h8-9,11-14,16H,4-7,10,15H2,1-3H3. The van der Waals surface area contributed by atoms with Crippen LogP contribution in [0.25, 0.3) is 11.3 Å². The van der Waals surface area contributed by atoms with Crippen LogP contribution >= 0.6 is 0 Å². The summed E-state index contributed by atoms with van der Waals surface area (Å²) in [6.45, 7) is 7.33. The summed E-state index contributed by atoms with van der Waals surface area (Å²) >= 11 is 0. The SMILES string of the molecule is CCCCCc1ccc(-c2ccccc2OCC(C)CC)nn1. The molecule has 1 heterocycles. The molecule has 0 aliphatic carbocycles. The average molecular weight is 312 g/mol. The molecule has 3 heteroatoms. The molecule has 0 aliphatic heterocycles. The number of ether oxygens (including phenoxy) is 1. The molecule has 124 valence electrons. The molecular weight excluding hydrogens is 284 g/mol. The van der Waals surface area contributed by atoms with E-state index in [1.54, 1.807) is 0 Å². The number of aryl methyl sites for hydroxylation is 1. The summed E-state index contributed by atoms with van der Waals surface area (Å²) in [6.07, 6.45) is 5.78. The monoisotopic (exact) mass is 312 g/mol. The van der Waals surface area contributed by atoms with Crippen LogP contribution in [-0.2, 0) is 6.42 Å². The third kappa shape index (κ3) is 5.34. The molecule has 2 aromatic rings. The zero-order valence-electron chi connectivity index (χ0n) is 14.6. The number of hydrogen-bond donors (Lipinski definition) is 0. The van der Waals surface area contributed by atoms with Gasteiger partial charge in [0.25, 0.3) is 0 Å². The van der Waals surface area contributed by atoms with Crippen LogP contribution in [0, 0.1) is 5.92 Å². The fourth-order valence-electron chi connectivity index (χ4n) is 2.35. The molecule has 1 atom stereocenters. The molecule has 0 amide bonds. The molecule has 0 saturated heterocycles. The van der Waals surface area contributed by atoms with Gasteiger partial charge in [-0.05, 0) is 43.0 Å². The van der Waals surface area contributed by atoms with Crippen molar-refractivity contribution < 1.29 is 4.74 Å². The molecule has 0 fully saturated rings. The quantitative estimate of drug-likeness (QED) is 0.589. The van der Waals surface area contributed by atoms with Crippen LogP contribution in [-0.4, -0.2) is 16.8 Å². The maximum Gasteiger partial charge on any atom is 0.128 e. The Morgan fingerprint density at radius 3 is 2.52 bits per heavy atom. The van der Waals surface area contributed by atoms with Gasteiger partial charge in [0.05, 0.1) is 18.0 Å². The van der Waals surface area contributed by atoms with E-state index in [0.29, 0.717) is 5.92 Å². The van der Waals surface area contributed by atoms with Gasteiger partial charge in [-0.25, -0.2) is 0 Å². The zero-order valence-corrected chi connectivity index (χ0v) is 14.6. The van der Waals surface area contributed by atoms with Crippen LogP contribution in [0.2, 0.25) is 0 Å². The van der Waals surface area contributed by atoms with E-state index in [-0.39, 0.29) is 0 Å². The van der Waals surface area contributed by atoms with E-state index in [0.717, 1.165) is 42.1 Å². The summed E-state index contributed by atoms with van der Waals surface area (Å²) in [6, 6.07) is 12.2. The number of benzene rings is 1. The first-order valence-electron chi connectivity index (χ1n) is 8.79. The van der Waals surface area contributed by atoms with Crippen molar-refractivity contribution in [2.24, 2.45) is 5.92 Å². The summed E-state index contributed by atoms with van der Waals surface area (Å²) in [7, 11) is 0. The lowest BCUT2D eigenvalue weighted by Crippen LogP contribution is -2.08. The smallest absolute Gasteiger partial charge is 0.128 e. The predicted molar refractivity (Wildman–Crippen MR) is 95.6 cm³/mol. The van der Waals surface area contributed by atoms with E-state index in [4.69, 9.17) is 4.74 Å². The number of para-hydroxylation sites is 1. The van der Waals surface area contributed by atoms with E-state index in [2.05, 4.69) is 43.1 Å². The first-order valence-corrected chi connectivity index (χ1v) is 8.79. The number of rotatable bonds is 9. The molecule has 0 N–H and O–H groups in total. The first-order chi connectivity index (χ1) is 11.2. The molecule has 0 bridgehead atoms. The molecule has 0 radical (unpaired) electrons. The van der Waals surface area contributed by atoms with Gasteiger partial charge in [-0.1, -0.05) is 52.2 Å². The fraction of sp³-hybridized carbons (Fsp3) is 0.500. The van der Waals surface area contributed by atoms with Crippen LogP contribution in [0.1, 0.15) is 52.1 Å². The number of nitrogens with zero attached hydrogens (tertiary/aromatic N) is 2. The molecule has 0 spiro atoms. The van der Waals surface area contributed by atoms with Crippen molar-refractivity contribution in [1.29, 1.82) is 0 Å². The van der Waals surface area contributed by atoms with E-state index in [9.17, 15) is 0 Å². The molecule has 23 heavy (non-hydrogen) atoms. The minimum absolute atomic E-state index is 0.551. The summed E-state index contributed by atoms with van der Waals surface area (Å²) in [4.78, 5) is 0. The van der Waals surface area contributed by atoms with Crippen LogP contribution in [0.3, 0.4) is 0 Å². The summed E-state index contributed by atoms with van der Waals surface area (Å²) < 4.78 is 5.99. The Kier molecular flexibility index (Phi) is 7.05. The van der Waals surface area contributed by atoms with E-state index in [1.807, 2.05) is 24.3 Å². The predicted octanol–water partition coefficient (Wildman–Crippen LogP) is 5.30. The second kappa shape index (κ2) is 9.29. The molecule has 2 rings (SSSR count). The van der Waals surface area contributed by atoms with Gasteiger partial charge in [0.1, 0.15) is 5.75 Å². The summed E-state index contributed by atoms with van der Waals surface area (Å²) in [5.41, 5.74) is 2.97. The van der Waals surface area contributed by atoms with Gasteiger partial charge in [0.2, 0.25) is 0 Å². The minimum Gasteiger partial charge on any atom is -0.493 e. The molecule has 1 unspecified atom stereocenters. The molecule has 1 aromatic heterocycles. The van der Waals surface area contributed by atoms with Gasteiger partial charge in [-0.15, -0.1) is 0 Å². The highest BCUT2D eigenvalue weighted by molar-refractivity contribution is 5.66. The highest BCUT2D eigenvalue weighted by Gasteiger charge is 2.09. The van der Waals surface area contributed by atoms with Gasteiger partial charge in [-0.3, -0.25) is 0 Å². The molecule has 3 nitrogen and oxygen atoms in total. The summed E-state index contributed by atoms with van der Waals surface area (Å²) in [5.74, 6) is 1.44. The lowest BCUT2D eigenvalue weighted by molar-refractivity contribution is 0.257. The first kappa shape index (κ1) is 17.5. The lowest BCUT2D eigenvalue weighted by Gasteiger charge is -2.14. The molecule has 0 saturated carbocycles. The Morgan fingerprint density at radius 2 is 1.83 bits per heavy atom. The topological polar surface area (TPSA) is 35.0 Å². The molecule has 0 aliphatic rings. The van der Waals surface area contributed by atoms with Gasteiger partial charge in [0.15, 0.2) is 0 Å². The molecule has 1 aromatic carbocycles. The van der Waals surface area contributed by atoms with Gasteiger partial charge >= 0.3 is 0 Å². The van der Waals surface area contributed by atoms with Crippen molar-refractivity contribution in [3.8, 4) is 17.0 Å². The van der Waals surface area contributed by atoms with E-state index >= 15 is 0 Å². The minimum atomic E-state index is 0.551. The number of unbranched alkanes of at least 4 members (excludes halogenated alkanes) is 2. The maximum atomic E-state index is 5.99. The van der Waals surface area contributed by atoms with Gasteiger partial charge in [0, 0.05) is 5.56 Å². The highest BCUT2D eigenvalue weighted by Crippen LogP contribution is 2.28. The van der Waals surface area contributed by atoms with Gasteiger partial charge in [-0.2, -0.15) is 10.2 Å². The fourth-order valence-corrected chi connectivity index (χ4v) is 2.35. The second-order valence-electron chi connectivity index (χ2n) is 6.19. The van der Waals surface area contributed by atoms with Crippen molar-refractivity contribution in [1.82, 2.24) is 10.2 Å². The normalized spacial score (nSPS) is 12.1. The van der Waals surface area contributed by atoms with Gasteiger partial charge < -0.3 is 4.74 Å². The number of hydrogen-bond acceptors (Lipinski definition) is 3. The van der Waals surface area contributed by atoms with Crippen molar-refractivity contribution >= 4 is 0 Å². The van der Waals surface area contributed by atoms with Crippen LogP contribution in [0.5, 0.6) is 5.75 Å². The average Bonchev–Trinajstić information content (AvgIpc) is 2.61. The van der Waals surface area contributed by atoms with E-state index in [1.165, 1.54) is 19.3 Å². The second-order valence-corrected chi connectivity index (χ2v) is 6.19. The van der Waals surface area contributed by atoms with Crippen LogP contribution < -0.4 is 4.74 Å². The summed E-state index contributed by atoms with van der Waals surface area (Å²) in [5, 5.41) is 8.78. The van der Waals surface area contributed by atoms with Crippen molar-refractivity contribution in [3.63, 3.8) is 0 Å². The Bertz CT molecular complexity index is 580. The Hall–Kier alpha value is -1.90. The largest absolute Gasteiger partial charge is 0.493 e. The van der Waals surface area contributed by atoms with Crippen LogP contribution in [0.4, 0.5) is 0 Å². The van der Waals surface area contributed by atoms with Crippen molar-refractivity contribution in [2.45, 2.75) is 52.9 Å². The zero-order chi connectivity index (χ0) is 16.5. The third-order valence-electron chi connectivity index (χ3n) is 4.14.